The molecule has 0 amide bonds. The van der Waals surface area contributed by atoms with Crippen LogP contribution in [-0.4, -0.2) is 61.9 Å². The van der Waals surface area contributed by atoms with Crippen LogP contribution in [0.15, 0.2) is 6.07 Å². The second-order valence-corrected chi connectivity index (χ2v) is 8.45. The van der Waals surface area contributed by atoms with Crippen molar-refractivity contribution in [2.75, 3.05) is 55.7 Å². The summed E-state index contributed by atoms with van der Waals surface area (Å²) in [5, 5.41) is 3.78. The normalized spacial score (nSPS) is 24.1. The van der Waals surface area contributed by atoms with E-state index in [1.165, 1.54) is 44.9 Å². The van der Waals surface area contributed by atoms with Gasteiger partial charge in [-0.15, -0.1) is 0 Å². The van der Waals surface area contributed by atoms with Crippen molar-refractivity contribution in [1.82, 2.24) is 15.3 Å². The maximum Gasteiger partial charge on any atom is 0.227 e. The Balaban J connectivity index is 1.22. The number of hydrogen-bond donors (Lipinski definition) is 1. The van der Waals surface area contributed by atoms with E-state index in [2.05, 4.69) is 33.1 Å². The lowest BCUT2D eigenvalue weighted by molar-refractivity contribution is 0.183. The predicted octanol–water partition coefficient (Wildman–Crippen LogP) is 2.76. The largest absolute Gasteiger partial charge is 0.381 e. The molecule has 3 fully saturated rings. The van der Waals surface area contributed by atoms with E-state index >= 15 is 0 Å². The second kappa shape index (κ2) is 9.20. The molecule has 27 heavy (non-hydrogen) atoms. The van der Waals surface area contributed by atoms with Crippen molar-refractivity contribution in [2.45, 2.75) is 57.9 Å². The van der Waals surface area contributed by atoms with Gasteiger partial charge >= 0.3 is 0 Å². The minimum absolute atomic E-state index is 0.655. The minimum atomic E-state index is 0.655. The zero-order chi connectivity index (χ0) is 18.5. The predicted molar refractivity (Wildman–Crippen MR) is 110 cm³/mol. The van der Waals surface area contributed by atoms with Crippen molar-refractivity contribution in [1.29, 1.82) is 0 Å². The van der Waals surface area contributed by atoms with E-state index in [0.717, 1.165) is 69.3 Å². The summed E-state index contributed by atoms with van der Waals surface area (Å²) in [6.45, 7) is 9.56. The average molecular weight is 374 g/mol. The maximum absolute atomic E-state index is 5.47. The monoisotopic (exact) mass is 373 g/mol. The van der Waals surface area contributed by atoms with Crippen LogP contribution >= 0.6 is 0 Å². The number of piperidine rings is 1. The van der Waals surface area contributed by atoms with Gasteiger partial charge in [0.1, 0.15) is 5.82 Å². The second-order valence-electron chi connectivity index (χ2n) is 8.45. The fourth-order valence-electron chi connectivity index (χ4n) is 4.58. The Morgan fingerprint density at radius 2 is 1.89 bits per heavy atom. The van der Waals surface area contributed by atoms with E-state index in [9.17, 15) is 0 Å². The number of rotatable bonds is 7. The topological polar surface area (TPSA) is 53.5 Å². The summed E-state index contributed by atoms with van der Waals surface area (Å²) in [5.41, 5.74) is 1.08. The summed E-state index contributed by atoms with van der Waals surface area (Å²) in [4.78, 5) is 14.3. The number of nitrogens with one attached hydrogen (secondary N) is 1. The number of aryl methyl sites for hydroxylation is 1. The van der Waals surface area contributed by atoms with E-state index in [1.54, 1.807) is 0 Å². The van der Waals surface area contributed by atoms with Gasteiger partial charge in [0.25, 0.3) is 0 Å². The van der Waals surface area contributed by atoms with E-state index < -0.39 is 0 Å². The van der Waals surface area contributed by atoms with Crippen molar-refractivity contribution in [3.63, 3.8) is 0 Å². The Labute approximate surface area is 163 Å². The molecule has 0 aromatic carbocycles. The number of hydrogen-bond acceptors (Lipinski definition) is 6. The van der Waals surface area contributed by atoms with Crippen LogP contribution in [0.4, 0.5) is 11.8 Å². The molecule has 0 bridgehead atoms. The first-order chi connectivity index (χ1) is 13.3. The van der Waals surface area contributed by atoms with Gasteiger partial charge in [-0.2, -0.15) is 4.98 Å². The van der Waals surface area contributed by atoms with E-state index in [4.69, 9.17) is 9.72 Å². The average Bonchev–Trinajstić information content (AvgIpc) is 3.39. The van der Waals surface area contributed by atoms with Crippen LogP contribution in [0.1, 0.15) is 50.6 Å². The summed E-state index contributed by atoms with van der Waals surface area (Å²) in [6.07, 6.45) is 8.78. The van der Waals surface area contributed by atoms with Crippen LogP contribution in [-0.2, 0) is 4.74 Å². The van der Waals surface area contributed by atoms with Crippen molar-refractivity contribution < 1.29 is 4.74 Å². The lowest BCUT2D eigenvalue weighted by atomic mass is 10.0. The van der Waals surface area contributed by atoms with Crippen LogP contribution < -0.4 is 15.1 Å². The Morgan fingerprint density at radius 3 is 2.63 bits per heavy atom. The molecule has 1 atom stereocenters. The highest BCUT2D eigenvalue weighted by atomic mass is 16.5. The van der Waals surface area contributed by atoms with Gasteiger partial charge in [-0.25, -0.2) is 4.98 Å². The SMILES string of the molecule is Cc1cc(N2CCC(NCCC[C@H]3CCOC3)CC2)nc(N2CCCC2)n1. The molecule has 6 nitrogen and oxygen atoms in total. The van der Waals surface area contributed by atoms with Crippen molar-refractivity contribution in [3.8, 4) is 0 Å². The molecule has 0 aliphatic carbocycles. The first-order valence-electron chi connectivity index (χ1n) is 10.9. The summed E-state index contributed by atoms with van der Waals surface area (Å²) in [6, 6.07) is 2.80. The summed E-state index contributed by atoms with van der Waals surface area (Å²) < 4.78 is 5.47. The van der Waals surface area contributed by atoms with Gasteiger partial charge in [0.15, 0.2) is 0 Å². The third-order valence-electron chi connectivity index (χ3n) is 6.28. The fraction of sp³-hybridized carbons (Fsp3) is 0.810. The van der Waals surface area contributed by atoms with E-state index in [-0.39, 0.29) is 0 Å². The molecule has 1 N–H and O–H groups in total. The molecule has 0 spiro atoms. The minimum Gasteiger partial charge on any atom is -0.381 e. The summed E-state index contributed by atoms with van der Waals surface area (Å²) >= 11 is 0. The highest BCUT2D eigenvalue weighted by Crippen LogP contribution is 2.23. The molecule has 0 radical (unpaired) electrons. The molecule has 6 heteroatoms. The highest BCUT2D eigenvalue weighted by molar-refractivity contribution is 5.46. The molecule has 1 aromatic rings. The van der Waals surface area contributed by atoms with Crippen molar-refractivity contribution in [2.24, 2.45) is 5.92 Å². The third kappa shape index (κ3) is 5.11. The molecular formula is C21H35N5O. The molecule has 3 saturated heterocycles. The zero-order valence-corrected chi connectivity index (χ0v) is 16.8. The van der Waals surface area contributed by atoms with E-state index in [0.29, 0.717) is 6.04 Å². The lowest BCUT2D eigenvalue weighted by Gasteiger charge is -2.34. The number of aromatic nitrogens is 2. The Kier molecular flexibility index (Phi) is 6.45. The standard InChI is InChI=1S/C21H35N5O/c1-17-15-20(24-21(23-17)26-10-2-3-11-26)25-12-6-19(7-13-25)22-9-4-5-18-8-14-27-16-18/h15,18-19,22H,2-14,16H2,1H3/t18-/m0/s1. The highest BCUT2D eigenvalue weighted by Gasteiger charge is 2.22. The van der Waals surface area contributed by atoms with E-state index in [1.807, 2.05) is 0 Å². The number of anilines is 2. The number of ether oxygens (including phenoxy) is 1. The summed E-state index contributed by atoms with van der Waals surface area (Å²) in [5.74, 6) is 2.85. The van der Waals surface area contributed by atoms with Gasteiger partial charge < -0.3 is 19.9 Å². The molecule has 150 valence electrons. The van der Waals surface area contributed by atoms with Gasteiger partial charge in [0.2, 0.25) is 5.95 Å². The van der Waals surface area contributed by atoms with Gasteiger partial charge in [0.05, 0.1) is 0 Å². The molecule has 0 saturated carbocycles. The Bertz CT molecular complexity index is 590. The van der Waals surface area contributed by atoms with Crippen LogP contribution in [0.5, 0.6) is 0 Å². The van der Waals surface area contributed by atoms with Gasteiger partial charge in [-0.1, -0.05) is 0 Å². The smallest absolute Gasteiger partial charge is 0.227 e. The van der Waals surface area contributed by atoms with Crippen LogP contribution in [0.2, 0.25) is 0 Å². The molecule has 3 aliphatic heterocycles. The molecule has 1 aromatic heterocycles. The van der Waals surface area contributed by atoms with Crippen LogP contribution in [0, 0.1) is 12.8 Å². The maximum atomic E-state index is 5.47. The first-order valence-corrected chi connectivity index (χ1v) is 10.9. The molecule has 4 heterocycles. The quantitative estimate of drug-likeness (QED) is 0.742. The molecule has 4 rings (SSSR count). The fourth-order valence-corrected chi connectivity index (χ4v) is 4.58. The zero-order valence-electron chi connectivity index (χ0n) is 16.8. The third-order valence-corrected chi connectivity index (χ3v) is 6.28. The van der Waals surface area contributed by atoms with Gasteiger partial charge in [-0.3, -0.25) is 0 Å². The van der Waals surface area contributed by atoms with Crippen molar-refractivity contribution >= 4 is 11.8 Å². The Hall–Kier alpha value is -1.40. The van der Waals surface area contributed by atoms with Crippen molar-refractivity contribution in [3.05, 3.63) is 11.8 Å². The number of nitrogens with zero attached hydrogens (tertiary/aromatic N) is 4. The van der Waals surface area contributed by atoms with Crippen LogP contribution in [0.25, 0.3) is 0 Å². The first kappa shape index (κ1) is 18.9. The Morgan fingerprint density at radius 1 is 1.07 bits per heavy atom. The molecule has 0 unspecified atom stereocenters. The van der Waals surface area contributed by atoms with Gasteiger partial charge in [-0.05, 0) is 64.3 Å². The van der Waals surface area contributed by atoms with Gasteiger partial charge in [0, 0.05) is 57.2 Å². The lowest BCUT2D eigenvalue weighted by Crippen LogP contribution is -2.43. The summed E-state index contributed by atoms with van der Waals surface area (Å²) in [7, 11) is 0. The molecule has 3 aliphatic rings. The molecular weight excluding hydrogens is 338 g/mol. The van der Waals surface area contributed by atoms with Crippen LogP contribution in [0.3, 0.4) is 0 Å².